The molecule has 0 amide bonds. The quantitative estimate of drug-likeness (QED) is 0.161. The van der Waals surface area contributed by atoms with E-state index in [1.54, 1.807) is 6.07 Å². The molecular weight excluding hydrogens is 435 g/mol. The van der Waals surface area contributed by atoms with Crippen LogP contribution < -0.4 is 4.74 Å². The van der Waals surface area contributed by atoms with E-state index in [1.165, 1.54) is 0 Å². The molecule has 0 N–H and O–H groups in total. The fraction of sp³-hybridized carbons (Fsp3) is 0.520. The molecule has 2 aromatic rings. The summed E-state index contributed by atoms with van der Waals surface area (Å²) in [6, 6.07) is 9.06. The van der Waals surface area contributed by atoms with E-state index in [-0.39, 0.29) is 11.9 Å². The first-order valence-corrected chi connectivity index (χ1v) is 12.0. The highest BCUT2D eigenvalue weighted by molar-refractivity contribution is 6.40. The van der Waals surface area contributed by atoms with Crippen LogP contribution in [0.1, 0.15) is 77.6 Å². The Labute approximate surface area is 195 Å². The van der Waals surface area contributed by atoms with E-state index in [0.29, 0.717) is 35.2 Å². The molecule has 2 rings (SSSR count). The first-order chi connectivity index (χ1) is 15.0. The van der Waals surface area contributed by atoms with Gasteiger partial charge in [0.2, 0.25) is 0 Å². The molecule has 0 aliphatic carbocycles. The summed E-state index contributed by atoms with van der Waals surface area (Å²) in [6.07, 6.45) is 9.67. The number of hydrogen-bond donors (Lipinski definition) is 0. The number of ether oxygens (including phenoxy) is 2. The van der Waals surface area contributed by atoms with Crippen molar-refractivity contribution in [3.63, 3.8) is 0 Å². The number of rotatable bonds is 14. The number of fused-ring (bicyclic) bond motifs is 1. The molecule has 0 saturated heterocycles. The minimum absolute atomic E-state index is 0.0905. The number of benzene rings is 2. The SMILES string of the molecule is CCCCCOC(=O)CCCCCCCCC(=O)Oc1c(Cl)cc(Cl)c2ccccc12. The zero-order valence-electron chi connectivity index (χ0n) is 18.3. The molecule has 0 radical (unpaired) electrons. The highest BCUT2D eigenvalue weighted by Crippen LogP contribution is 2.38. The molecule has 170 valence electrons. The zero-order valence-corrected chi connectivity index (χ0v) is 19.8. The van der Waals surface area contributed by atoms with Gasteiger partial charge in [-0.15, -0.1) is 0 Å². The molecule has 0 bridgehead atoms. The van der Waals surface area contributed by atoms with E-state index in [0.717, 1.165) is 68.6 Å². The lowest BCUT2D eigenvalue weighted by Crippen LogP contribution is -2.08. The van der Waals surface area contributed by atoms with Crippen LogP contribution in [-0.4, -0.2) is 18.5 Å². The Morgan fingerprint density at radius 1 is 0.774 bits per heavy atom. The van der Waals surface area contributed by atoms with Crippen LogP contribution in [0.4, 0.5) is 0 Å². The molecule has 0 aliphatic rings. The lowest BCUT2D eigenvalue weighted by Gasteiger charge is -2.11. The highest BCUT2D eigenvalue weighted by atomic mass is 35.5. The smallest absolute Gasteiger partial charge is 0.311 e. The molecule has 0 aliphatic heterocycles. The fourth-order valence-corrected chi connectivity index (χ4v) is 3.98. The van der Waals surface area contributed by atoms with Crippen LogP contribution in [0.5, 0.6) is 5.75 Å². The highest BCUT2D eigenvalue weighted by Gasteiger charge is 2.14. The Kier molecular flexibility index (Phi) is 11.8. The van der Waals surface area contributed by atoms with Crippen molar-refractivity contribution in [2.45, 2.75) is 77.6 Å². The Balaban J connectivity index is 1.59. The van der Waals surface area contributed by atoms with Crippen LogP contribution in [0.2, 0.25) is 10.0 Å². The average molecular weight is 467 g/mol. The van der Waals surface area contributed by atoms with Gasteiger partial charge in [-0.3, -0.25) is 9.59 Å². The third-order valence-corrected chi connectivity index (χ3v) is 5.73. The summed E-state index contributed by atoms with van der Waals surface area (Å²) in [5.41, 5.74) is 0. The van der Waals surface area contributed by atoms with Crippen LogP contribution >= 0.6 is 23.2 Å². The maximum absolute atomic E-state index is 12.3. The summed E-state index contributed by atoms with van der Waals surface area (Å²) in [4.78, 5) is 23.9. The molecule has 2 aromatic carbocycles. The summed E-state index contributed by atoms with van der Waals surface area (Å²) in [6.45, 7) is 2.67. The van der Waals surface area contributed by atoms with Gasteiger partial charge in [0.25, 0.3) is 0 Å². The molecule has 0 aromatic heterocycles. The Morgan fingerprint density at radius 2 is 1.39 bits per heavy atom. The minimum atomic E-state index is -0.291. The van der Waals surface area contributed by atoms with Gasteiger partial charge in [-0.25, -0.2) is 0 Å². The monoisotopic (exact) mass is 466 g/mol. The third-order valence-electron chi connectivity index (χ3n) is 5.14. The molecule has 31 heavy (non-hydrogen) atoms. The van der Waals surface area contributed by atoms with E-state index < -0.39 is 0 Å². The maximum Gasteiger partial charge on any atom is 0.311 e. The van der Waals surface area contributed by atoms with Gasteiger partial charge in [-0.05, 0) is 25.3 Å². The van der Waals surface area contributed by atoms with Crippen molar-refractivity contribution in [2.24, 2.45) is 0 Å². The Morgan fingerprint density at radius 3 is 2.06 bits per heavy atom. The standard InChI is InChI=1S/C25H32Cl2O4/c1-2-3-12-17-30-23(28)15-8-6-4-5-7-9-16-24(29)31-25-20-14-11-10-13-19(20)21(26)18-22(25)27/h10-11,13-14,18H,2-9,12,15-17H2,1H3. The van der Waals surface area contributed by atoms with Gasteiger partial charge in [-0.2, -0.15) is 0 Å². The van der Waals surface area contributed by atoms with Crippen molar-refractivity contribution in [3.8, 4) is 5.75 Å². The second kappa shape index (κ2) is 14.3. The van der Waals surface area contributed by atoms with Gasteiger partial charge >= 0.3 is 11.9 Å². The summed E-state index contributed by atoms with van der Waals surface area (Å²) in [7, 11) is 0. The first kappa shape index (κ1) is 25.5. The molecule has 0 saturated carbocycles. The van der Waals surface area contributed by atoms with E-state index in [9.17, 15) is 9.59 Å². The molecule has 4 nitrogen and oxygen atoms in total. The van der Waals surface area contributed by atoms with Crippen molar-refractivity contribution >= 4 is 45.9 Å². The van der Waals surface area contributed by atoms with Gasteiger partial charge in [0, 0.05) is 23.6 Å². The first-order valence-electron chi connectivity index (χ1n) is 11.3. The summed E-state index contributed by atoms with van der Waals surface area (Å²) < 4.78 is 10.8. The Bertz CT molecular complexity index is 851. The number of hydrogen-bond acceptors (Lipinski definition) is 4. The second-order valence-corrected chi connectivity index (χ2v) is 8.55. The molecule has 6 heteroatoms. The molecular formula is C25H32Cl2O4. The predicted octanol–water partition coefficient (Wildman–Crippen LogP) is 7.91. The lowest BCUT2D eigenvalue weighted by molar-refractivity contribution is -0.144. The van der Waals surface area contributed by atoms with Crippen LogP contribution in [0.25, 0.3) is 10.8 Å². The van der Waals surface area contributed by atoms with Gasteiger partial charge in [0.1, 0.15) is 0 Å². The summed E-state index contributed by atoms with van der Waals surface area (Å²) in [5.74, 6) is -0.0133. The maximum atomic E-state index is 12.3. The van der Waals surface area contributed by atoms with Crippen LogP contribution in [-0.2, 0) is 14.3 Å². The average Bonchev–Trinajstić information content (AvgIpc) is 2.76. The summed E-state index contributed by atoms with van der Waals surface area (Å²) in [5, 5.41) is 2.41. The minimum Gasteiger partial charge on any atom is -0.466 e. The number of esters is 2. The number of halogens is 2. The molecule has 0 spiro atoms. The fourth-order valence-electron chi connectivity index (χ4n) is 3.40. The van der Waals surface area contributed by atoms with Crippen molar-refractivity contribution < 1.29 is 19.1 Å². The van der Waals surface area contributed by atoms with Crippen molar-refractivity contribution in [3.05, 3.63) is 40.4 Å². The van der Waals surface area contributed by atoms with Gasteiger partial charge in [0.15, 0.2) is 5.75 Å². The van der Waals surface area contributed by atoms with Crippen LogP contribution in [0.3, 0.4) is 0 Å². The van der Waals surface area contributed by atoms with Crippen molar-refractivity contribution in [1.29, 1.82) is 0 Å². The molecule has 0 atom stereocenters. The molecule has 0 fully saturated rings. The summed E-state index contributed by atoms with van der Waals surface area (Å²) >= 11 is 12.5. The van der Waals surface area contributed by atoms with Crippen molar-refractivity contribution in [1.82, 2.24) is 0 Å². The third kappa shape index (κ3) is 9.08. The topological polar surface area (TPSA) is 52.6 Å². The van der Waals surface area contributed by atoms with Crippen LogP contribution in [0.15, 0.2) is 30.3 Å². The van der Waals surface area contributed by atoms with Crippen molar-refractivity contribution in [2.75, 3.05) is 6.61 Å². The largest absolute Gasteiger partial charge is 0.466 e. The normalized spacial score (nSPS) is 10.9. The molecule has 0 heterocycles. The van der Waals surface area contributed by atoms with Gasteiger partial charge in [0.05, 0.1) is 16.7 Å². The van der Waals surface area contributed by atoms with E-state index in [1.807, 2.05) is 24.3 Å². The lowest BCUT2D eigenvalue weighted by atomic mass is 10.1. The number of carbonyl (C=O) groups is 2. The molecule has 0 unspecified atom stereocenters. The van der Waals surface area contributed by atoms with Crippen LogP contribution in [0, 0.1) is 0 Å². The van der Waals surface area contributed by atoms with Gasteiger partial charge in [-0.1, -0.05) is 92.9 Å². The predicted molar refractivity (Wildman–Crippen MR) is 127 cm³/mol. The zero-order chi connectivity index (χ0) is 22.5. The van der Waals surface area contributed by atoms with E-state index >= 15 is 0 Å². The Hall–Kier alpha value is -1.78. The number of carbonyl (C=O) groups excluding carboxylic acids is 2. The van der Waals surface area contributed by atoms with E-state index in [4.69, 9.17) is 32.7 Å². The number of unbranched alkanes of at least 4 members (excludes halogenated alkanes) is 7. The van der Waals surface area contributed by atoms with E-state index in [2.05, 4.69) is 6.92 Å². The second-order valence-electron chi connectivity index (χ2n) is 7.74. The van der Waals surface area contributed by atoms with Gasteiger partial charge < -0.3 is 9.47 Å².